The Morgan fingerprint density at radius 1 is 1.16 bits per heavy atom. The number of benzene rings is 2. The number of amides is 3. The molecule has 0 radical (unpaired) electrons. The van der Waals surface area contributed by atoms with Gasteiger partial charge < -0.3 is 15.1 Å². The number of piperazine rings is 1. The number of halogens is 1. The molecule has 6 nitrogen and oxygen atoms in total. The first kappa shape index (κ1) is 21.7. The van der Waals surface area contributed by atoms with E-state index in [0.29, 0.717) is 40.9 Å². The number of anilines is 1. The van der Waals surface area contributed by atoms with Gasteiger partial charge in [0, 0.05) is 24.2 Å². The van der Waals surface area contributed by atoms with Gasteiger partial charge in [0.25, 0.3) is 5.91 Å². The summed E-state index contributed by atoms with van der Waals surface area (Å²) in [6.07, 6.45) is 2.47. The zero-order valence-electron chi connectivity index (χ0n) is 18.1. The fourth-order valence-electron chi connectivity index (χ4n) is 4.22. The lowest BCUT2D eigenvalue weighted by Gasteiger charge is -2.39. The summed E-state index contributed by atoms with van der Waals surface area (Å²) in [6, 6.07) is 10.5. The molecule has 1 atom stereocenters. The number of fused-ring (bicyclic) bond motifs is 2. The van der Waals surface area contributed by atoms with Crippen LogP contribution in [0.4, 0.5) is 10.1 Å². The molecule has 2 heterocycles. The van der Waals surface area contributed by atoms with Gasteiger partial charge in [-0.25, -0.2) is 4.39 Å². The van der Waals surface area contributed by atoms with E-state index in [2.05, 4.69) is 11.9 Å². The monoisotopic (exact) mass is 435 g/mol. The highest BCUT2D eigenvalue weighted by Crippen LogP contribution is 2.31. The Morgan fingerprint density at radius 3 is 2.69 bits per heavy atom. The first-order valence-electron chi connectivity index (χ1n) is 10.9. The van der Waals surface area contributed by atoms with Gasteiger partial charge in [0.15, 0.2) is 0 Å². The van der Waals surface area contributed by atoms with Crippen molar-refractivity contribution in [2.45, 2.75) is 32.2 Å². The topological polar surface area (TPSA) is 69.7 Å². The maximum Gasteiger partial charge on any atom is 0.256 e. The normalized spacial score (nSPS) is 17.9. The molecule has 2 aliphatic rings. The summed E-state index contributed by atoms with van der Waals surface area (Å²) in [5.74, 6) is -1.20. The number of hydrogen-bond donors (Lipinski definition) is 1. The van der Waals surface area contributed by atoms with E-state index in [4.69, 9.17) is 0 Å². The number of hydrogen-bond acceptors (Lipinski definition) is 3. The first-order valence-corrected chi connectivity index (χ1v) is 10.9. The summed E-state index contributed by atoms with van der Waals surface area (Å²) >= 11 is 0. The zero-order valence-corrected chi connectivity index (χ0v) is 18.1. The van der Waals surface area contributed by atoms with Crippen LogP contribution in [0.2, 0.25) is 0 Å². The Balaban J connectivity index is 1.59. The fourth-order valence-corrected chi connectivity index (χ4v) is 4.22. The molecule has 0 aliphatic carbocycles. The highest BCUT2D eigenvalue weighted by molar-refractivity contribution is 6.11. The summed E-state index contributed by atoms with van der Waals surface area (Å²) in [5, 5.41) is 2.81. The van der Waals surface area contributed by atoms with Gasteiger partial charge in [-0.05, 0) is 36.6 Å². The third-order valence-electron chi connectivity index (χ3n) is 6.06. The van der Waals surface area contributed by atoms with E-state index in [0.717, 1.165) is 12.8 Å². The lowest BCUT2D eigenvalue weighted by Crippen LogP contribution is -2.59. The summed E-state index contributed by atoms with van der Waals surface area (Å²) in [7, 11) is 0. The van der Waals surface area contributed by atoms with Gasteiger partial charge in [0.2, 0.25) is 11.8 Å². The Bertz CT molecular complexity index is 1100. The van der Waals surface area contributed by atoms with Crippen LogP contribution in [0.5, 0.6) is 0 Å². The van der Waals surface area contributed by atoms with Crippen molar-refractivity contribution in [2.24, 2.45) is 0 Å². The average molecular weight is 435 g/mol. The van der Waals surface area contributed by atoms with Crippen molar-refractivity contribution in [3.8, 4) is 11.1 Å². The minimum absolute atomic E-state index is 0.121. The van der Waals surface area contributed by atoms with Crippen molar-refractivity contribution in [3.05, 3.63) is 66.0 Å². The molecular formula is C25H26FN3O3. The molecular weight excluding hydrogens is 409 g/mol. The van der Waals surface area contributed by atoms with Crippen LogP contribution in [0.15, 0.2) is 54.6 Å². The molecule has 0 bridgehead atoms. The van der Waals surface area contributed by atoms with Crippen molar-refractivity contribution in [1.82, 2.24) is 9.80 Å². The summed E-state index contributed by atoms with van der Waals surface area (Å²) in [5.41, 5.74) is 2.17. The van der Waals surface area contributed by atoms with E-state index in [9.17, 15) is 18.8 Å². The highest BCUT2D eigenvalue weighted by atomic mass is 19.1. The molecule has 0 saturated carbocycles. The Kier molecular flexibility index (Phi) is 6.08. The predicted molar refractivity (Wildman–Crippen MR) is 121 cm³/mol. The van der Waals surface area contributed by atoms with E-state index in [1.54, 1.807) is 41.3 Å². The third-order valence-corrected chi connectivity index (χ3v) is 6.06. The zero-order chi connectivity index (χ0) is 22.8. The van der Waals surface area contributed by atoms with Gasteiger partial charge in [-0.15, -0.1) is 0 Å². The lowest BCUT2D eigenvalue weighted by molar-refractivity contribution is -0.132. The highest BCUT2D eigenvalue weighted by Gasteiger charge is 2.40. The Labute approximate surface area is 186 Å². The predicted octanol–water partition coefficient (Wildman–Crippen LogP) is 3.84. The van der Waals surface area contributed by atoms with Gasteiger partial charge >= 0.3 is 0 Å². The van der Waals surface area contributed by atoms with Gasteiger partial charge in [-0.3, -0.25) is 14.4 Å². The molecule has 1 unspecified atom stereocenters. The van der Waals surface area contributed by atoms with E-state index in [-0.39, 0.29) is 36.6 Å². The van der Waals surface area contributed by atoms with Crippen LogP contribution < -0.4 is 5.32 Å². The number of nitrogens with one attached hydrogen (secondary N) is 1. The van der Waals surface area contributed by atoms with Gasteiger partial charge in [-0.1, -0.05) is 44.2 Å². The summed E-state index contributed by atoms with van der Waals surface area (Å²) in [6.45, 7) is 6.65. The number of carbonyl (C=O) groups is 3. The van der Waals surface area contributed by atoms with Gasteiger partial charge in [-0.2, -0.15) is 0 Å². The largest absolute Gasteiger partial charge is 0.335 e. The maximum atomic E-state index is 14.3. The maximum absolute atomic E-state index is 14.3. The molecule has 32 heavy (non-hydrogen) atoms. The minimum atomic E-state index is -0.788. The van der Waals surface area contributed by atoms with E-state index in [1.807, 2.05) is 6.92 Å². The molecule has 4 rings (SSSR count). The lowest BCUT2D eigenvalue weighted by atomic mass is 10.0. The summed E-state index contributed by atoms with van der Waals surface area (Å²) in [4.78, 5) is 42.2. The smallest absolute Gasteiger partial charge is 0.256 e. The molecule has 2 aromatic rings. The second kappa shape index (κ2) is 8.94. The Morgan fingerprint density at radius 2 is 1.94 bits per heavy atom. The molecule has 166 valence electrons. The first-order chi connectivity index (χ1) is 15.4. The van der Waals surface area contributed by atoms with Crippen molar-refractivity contribution in [3.63, 3.8) is 0 Å². The molecule has 1 fully saturated rings. The van der Waals surface area contributed by atoms with Crippen LogP contribution in [0, 0.1) is 5.82 Å². The van der Waals surface area contributed by atoms with Crippen molar-refractivity contribution in [1.29, 1.82) is 0 Å². The SMILES string of the molecule is C=C(CCCC)C(=O)N1CCN2C(=O)c3cc(-c4ccccc4F)ccc3NC(=O)C2C1. The van der Waals surface area contributed by atoms with Gasteiger partial charge in [0.1, 0.15) is 11.9 Å². The molecule has 0 aromatic heterocycles. The third kappa shape index (κ3) is 4.02. The molecule has 2 aromatic carbocycles. The average Bonchev–Trinajstić information content (AvgIpc) is 2.91. The molecule has 1 N–H and O–H groups in total. The van der Waals surface area contributed by atoms with E-state index < -0.39 is 6.04 Å². The van der Waals surface area contributed by atoms with E-state index >= 15 is 0 Å². The number of rotatable bonds is 5. The standard InChI is InChI=1S/C25H26FN3O3/c1-3-4-7-16(2)24(31)28-12-13-29-22(15-28)23(30)27-21-11-10-17(14-19(21)25(29)32)18-8-5-6-9-20(18)26/h5-6,8-11,14,22H,2-4,7,12-13,15H2,1H3,(H,27,30). The number of nitrogens with zero attached hydrogens (tertiary/aromatic N) is 2. The van der Waals surface area contributed by atoms with Crippen LogP contribution in [-0.2, 0) is 9.59 Å². The quantitative estimate of drug-likeness (QED) is 0.726. The molecule has 1 saturated heterocycles. The van der Waals surface area contributed by atoms with Gasteiger partial charge in [0.05, 0.1) is 17.8 Å². The minimum Gasteiger partial charge on any atom is -0.335 e. The van der Waals surface area contributed by atoms with Crippen LogP contribution in [0.1, 0.15) is 36.5 Å². The number of unbranched alkanes of at least 4 members (excludes halogenated alkanes) is 1. The molecule has 7 heteroatoms. The second-order valence-corrected chi connectivity index (χ2v) is 8.20. The van der Waals surface area contributed by atoms with Crippen molar-refractivity contribution in [2.75, 3.05) is 25.0 Å². The Hall–Kier alpha value is -3.48. The van der Waals surface area contributed by atoms with E-state index in [1.165, 1.54) is 11.0 Å². The van der Waals surface area contributed by atoms with Crippen LogP contribution in [0.3, 0.4) is 0 Å². The molecule has 0 spiro atoms. The fraction of sp³-hybridized carbons (Fsp3) is 0.320. The van der Waals surface area contributed by atoms with Crippen LogP contribution >= 0.6 is 0 Å². The van der Waals surface area contributed by atoms with Crippen molar-refractivity contribution < 1.29 is 18.8 Å². The molecule has 2 aliphatic heterocycles. The summed E-state index contributed by atoms with van der Waals surface area (Å²) < 4.78 is 14.3. The molecule has 3 amide bonds. The van der Waals surface area contributed by atoms with Crippen LogP contribution in [-0.4, -0.2) is 53.2 Å². The second-order valence-electron chi connectivity index (χ2n) is 8.20. The van der Waals surface area contributed by atoms with Crippen LogP contribution in [0.25, 0.3) is 11.1 Å². The van der Waals surface area contributed by atoms with Crippen molar-refractivity contribution >= 4 is 23.4 Å². The number of carbonyl (C=O) groups excluding carboxylic acids is 3.